The van der Waals surface area contributed by atoms with Crippen molar-refractivity contribution < 1.29 is 4.79 Å². The fourth-order valence-corrected chi connectivity index (χ4v) is 3.57. The highest BCUT2D eigenvalue weighted by atomic mass is 35.5. The molecule has 1 saturated heterocycles. The zero-order valence-electron chi connectivity index (χ0n) is 14.1. The van der Waals surface area contributed by atoms with E-state index >= 15 is 0 Å². The Labute approximate surface area is 147 Å². The summed E-state index contributed by atoms with van der Waals surface area (Å²) in [6, 6.07) is 10.6. The molecule has 0 unspecified atom stereocenters. The minimum absolute atomic E-state index is 0.165. The fourth-order valence-electron chi connectivity index (χ4n) is 3.32. The number of halogens is 1. The lowest BCUT2D eigenvalue weighted by atomic mass is 9.99. The van der Waals surface area contributed by atoms with E-state index in [0.717, 1.165) is 19.6 Å². The maximum absolute atomic E-state index is 12.3. The number of carbonyl (C=O) groups is 1. The molecular formula is C18H23ClN4O. The van der Waals surface area contributed by atoms with Gasteiger partial charge in [0.2, 0.25) is 0 Å². The number of hydrogen-bond donors (Lipinski definition) is 1. The zero-order chi connectivity index (χ0) is 17.1. The van der Waals surface area contributed by atoms with E-state index < -0.39 is 0 Å². The summed E-state index contributed by atoms with van der Waals surface area (Å²) in [5.74, 6) is 0.429. The van der Waals surface area contributed by atoms with Gasteiger partial charge in [0.1, 0.15) is 5.69 Å². The smallest absolute Gasteiger partial charge is 0.271 e. The predicted molar refractivity (Wildman–Crippen MR) is 95.5 cm³/mol. The summed E-state index contributed by atoms with van der Waals surface area (Å²) in [6.07, 6.45) is 1.17. The molecule has 1 amide bonds. The Bertz CT molecular complexity index is 713. The standard InChI is InChI=1S/C18H23ClN4O/c1-13-16(19)17(22(2)21-13)18(24)20-9-11-23-10-8-15(12-23)14-6-4-3-5-7-14/h3-7,15H,8-12H2,1-2H3,(H,20,24)/t15-/m0/s1. The summed E-state index contributed by atoms with van der Waals surface area (Å²) >= 11 is 6.15. The second-order valence-electron chi connectivity index (χ2n) is 6.32. The number of aromatic nitrogens is 2. The maximum Gasteiger partial charge on any atom is 0.271 e. The van der Waals surface area contributed by atoms with Gasteiger partial charge in [0.15, 0.2) is 0 Å². The average molecular weight is 347 g/mol. The fraction of sp³-hybridized carbons (Fsp3) is 0.444. The second-order valence-corrected chi connectivity index (χ2v) is 6.70. The van der Waals surface area contributed by atoms with Crippen molar-refractivity contribution in [2.24, 2.45) is 7.05 Å². The van der Waals surface area contributed by atoms with Gasteiger partial charge in [0, 0.05) is 26.7 Å². The monoisotopic (exact) mass is 346 g/mol. The van der Waals surface area contributed by atoms with Crippen LogP contribution in [-0.2, 0) is 7.05 Å². The third-order valence-corrected chi connectivity index (χ3v) is 5.07. The topological polar surface area (TPSA) is 50.2 Å². The number of rotatable bonds is 5. The largest absolute Gasteiger partial charge is 0.349 e. The van der Waals surface area contributed by atoms with Crippen molar-refractivity contribution in [3.05, 3.63) is 52.3 Å². The van der Waals surface area contributed by atoms with E-state index in [4.69, 9.17) is 11.6 Å². The Morgan fingerprint density at radius 2 is 2.12 bits per heavy atom. The molecule has 0 aliphatic carbocycles. The lowest BCUT2D eigenvalue weighted by Crippen LogP contribution is -2.34. The lowest BCUT2D eigenvalue weighted by Gasteiger charge is -2.16. The van der Waals surface area contributed by atoms with E-state index in [9.17, 15) is 4.79 Å². The molecule has 1 atom stereocenters. The summed E-state index contributed by atoms with van der Waals surface area (Å²) in [5.41, 5.74) is 2.51. The van der Waals surface area contributed by atoms with Gasteiger partial charge in [0.05, 0.1) is 10.7 Å². The van der Waals surface area contributed by atoms with Crippen LogP contribution in [0.2, 0.25) is 5.02 Å². The van der Waals surface area contributed by atoms with Crippen LogP contribution < -0.4 is 5.32 Å². The molecule has 1 aromatic heterocycles. The highest BCUT2D eigenvalue weighted by molar-refractivity contribution is 6.34. The van der Waals surface area contributed by atoms with Gasteiger partial charge in [-0.05, 0) is 31.4 Å². The minimum Gasteiger partial charge on any atom is -0.349 e. The molecule has 2 aromatic rings. The van der Waals surface area contributed by atoms with E-state index in [1.165, 1.54) is 16.7 Å². The molecule has 1 N–H and O–H groups in total. The van der Waals surface area contributed by atoms with Gasteiger partial charge in [-0.3, -0.25) is 9.48 Å². The lowest BCUT2D eigenvalue weighted by molar-refractivity contribution is 0.0940. The van der Waals surface area contributed by atoms with Crippen molar-refractivity contribution in [2.45, 2.75) is 19.3 Å². The summed E-state index contributed by atoms with van der Waals surface area (Å²) in [4.78, 5) is 14.7. The van der Waals surface area contributed by atoms with Crippen LogP contribution in [0.5, 0.6) is 0 Å². The molecule has 1 aliphatic rings. The van der Waals surface area contributed by atoms with E-state index in [1.807, 2.05) is 0 Å². The van der Waals surface area contributed by atoms with Crippen LogP contribution in [-0.4, -0.2) is 46.8 Å². The summed E-state index contributed by atoms with van der Waals surface area (Å²) in [5, 5.41) is 7.55. The Kier molecular flexibility index (Phi) is 5.21. The number of carbonyl (C=O) groups excluding carboxylic acids is 1. The van der Waals surface area contributed by atoms with E-state index in [1.54, 1.807) is 14.0 Å². The molecule has 0 saturated carbocycles. The van der Waals surface area contributed by atoms with Crippen molar-refractivity contribution in [3.8, 4) is 0 Å². The van der Waals surface area contributed by atoms with Crippen LogP contribution in [0, 0.1) is 6.92 Å². The number of nitrogens with zero attached hydrogens (tertiary/aromatic N) is 3. The van der Waals surface area contributed by atoms with Gasteiger partial charge >= 0.3 is 0 Å². The summed E-state index contributed by atoms with van der Waals surface area (Å²) < 4.78 is 1.54. The molecule has 1 aromatic carbocycles. The normalized spacial score (nSPS) is 18.0. The van der Waals surface area contributed by atoms with Crippen molar-refractivity contribution in [1.82, 2.24) is 20.0 Å². The van der Waals surface area contributed by atoms with Gasteiger partial charge in [0.25, 0.3) is 5.91 Å². The Morgan fingerprint density at radius 3 is 2.79 bits per heavy atom. The van der Waals surface area contributed by atoms with Gasteiger partial charge in [-0.25, -0.2) is 0 Å². The minimum atomic E-state index is -0.165. The quantitative estimate of drug-likeness (QED) is 0.905. The molecule has 1 fully saturated rings. The first-order valence-electron chi connectivity index (χ1n) is 8.31. The number of hydrogen-bond acceptors (Lipinski definition) is 3. The van der Waals surface area contributed by atoms with E-state index in [2.05, 4.69) is 45.6 Å². The number of amides is 1. The van der Waals surface area contributed by atoms with Gasteiger partial charge in [-0.15, -0.1) is 0 Å². The van der Waals surface area contributed by atoms with Crippen LogP contribution in [0.1, 0.15) is 34.1 Å². The van der Waals surface area contributed by atoms with Gasteiger partial charge in [-0.1, -0.05) is 41.9 Å². The van der Waals surface area contributed by atoms with Crippen LogP contribution in [0.15, 0.2) is 30.3 Å². The Morgan fingerprint density at radius 1 is 1.38 bits per heavy atom. The maximum atomic E-state index is 12.3. The molecule has 1 aliphatic heterocycles. The van der Waals surface area contributed by atoms with Crippen molar-refractivity contribution >= 4 is 17.5 Å². The Hall–Kier alpha value is -1.85. The molecule has 2 heterocycles. The van der Waals surface area contributed by atoms with Crippen molar-refractivity contribution in [1.29, 1.82) is 0 Å². The molecule has 6 heteroatoms. The summed E-state index contributed by atoms with van der Waals surface area (Å²) in [7, 11) is 1.73. The number of likely N-dealkylation sites (tertiary alicyclic amines) is 1. The average Bonchev–Trinajstić information content (AvgIpc) is 3.13. The first-order valence-corrected chi connectivity index (χ1v) is 8.68. The van der Waals surface area contributed by atoms with E-state index in [0.29, 0.717) is 28.9 Å². The number of benzene rings is 1. The molecular weight excluding hydrogens is 324 g/mol. The molecule has 0 spiro atoms. The molecule has 0 radical (unpaired) electrons. The Balaban J connectivity index is 1.48. The van der Waals surface area contributed by atoms with Crippen LogP contribution in [0.4, 0.5) is 0 Å². The first kappa shape index (κ1) is 17.0. The van der Waals surface area contributed by atoms with Crippen molar-refractivity contribution in [3.63, 3.8) is 0 Å². The number of nitrogens with one attached hydrogen (secondary N) is 1. The SMILES string of the molecule is Cc1nn(C)c(C(=O)NCCN2CC[C@H](c3ccccc3)C2)c1Cl. The van der Waals surface area contributed by atoms with Crippen LogP contribution >= 0.6 is 11.6 Å². The molecule has 24 heavy (non-hydrogen) atoms. The third kappa shape index (κ3) is 3.62. The number of aryl methyl sites for hydroxylation is 2. The molecule has 0 bridgehead atoms. The highest BCUT2D eigenvalue weighted by Crippen LogP contribution is 2.26. The zero-order valence-corrected chi connectivity index (χ0v) is 14.9. The van der Waals surface area contributed by atoms with E-state index in [-0.39, 0.29) is 5.91 Å². The molecule has 128 valence electrons. The first-order chi connectivity index (χ1) is 11.6. The van der Waals surface area contributed by atoms with Gasteiger partial charge < -0.3 is 10.2 Å². The predicted octanol–water partition coefficient (Wildman–Crippen LogP) is 2.60. The highest BCUT2D eigenvalue weighted by Gasteiger charge is 2.24. The third-order valence-electron chi connectivity index (χ3n) is 4.62. The molecule has 3 rings (SSSR count). The molecule has 5 nitrogen and oxygen atoms in total. The van der Waals surface area contributed by atoms with Crippen LogP contribution in [0.3, 0.4) is 0 Å². The summed E-state index contributed by atoms with van der Waals surface area (Å²) in [6.45, 7) is 5.38. The van der Waals surface area contributed by atoms with Gasteiger partial charge in [-0.2, -0.15) is 5.10 Å². The second kappa shape index (κ2) is 7.36. The van der Waals surface area contributed by atoms with Crippen LogP contribution in [0.25, 0.3) is 0 Å². The van der Waals surface area contributed by atoms with Crippen molar-refractivity contribution in [2.75, 3.05) is 26.2 Å².